The Bertz CT molecular complexity index is 112. The summed E-state index contributed by atoms with van der Waals surface area (Å²) in [4.78, 5) is 0. The molecule has 60 valence electrons. The number of hydrogen-bond donors (Lipinski definition) is 0. The predicted octanol–water partition coefficient (Wildman–Crippen LogP) is 2.31. The Balaban J connectivity index is 2.40. The molecule has 0 aromatic rings. The van der Waals surface area contributed by atoms with Crippen molar-refractivity contribution >= 4 is 11.8 Å². The second kappa shape index (κ2) is 3.14. The molecular formula is C8H16OS. The highest BCUT2D eigenvalue weighted by Crippen LogP contribution is 2.36. The first-order chi connectivity index (χ1) is 4.64. The van der Waals surface area contributed by atoms with Crippen molar-refractivity contribution < 1.29 is 4.74 Å². The van der Waals surface area contributed by atoms with Crippen molar-refractivity contribution in [1.82, 2.24) is 0 Å². The molecule has 1 fully saturated rings. The Morgan fingerprint density at radius 3 is 2.60 bits per heavy atom. The summed E-state index contributed by atoms with van der Waals surface area (Å²) in [6, 6.07) is 0. The van der Waals surface area contributed by atoms with Gasteiger partial charge in [0.1, 0.15) is 0 Å². The molecule has 1 saturated heterocycles. The van der Waals surface area contributed by atoms with Crippen LogP contribution in [0.5, 0.6) is 0 Å². The molecule has 0 aliphatic carbocycles. The molecule has 0 bridgehead atoms. The predicted molar refractivity (Wildman–Crippen MR) is 46.6 cm³/mol. The van der Waals surface area contributed by atoms with Crippen molar-refractivity contribution in [1.29, 1.82) is 0 Å². The van der Waals surface area contributed by atoms with Crippen molar-refractivity contribution in [3.63, 3.8) is 0 Å². The van der Waals surface area contributed by atoms with Gasteiger partial charge in [-0.3, -0.25) is 0 Å². The summed E-state index contributed by atoms with van der Waals surface area (Å²) >= 11 is 2.06. The average molecular weight is 160 g/mol. The zero-order valence-corrected chi connectivity index (χ0v) is 7.83. The van der Waals surface area contributed by atoms with Crippen LogP contribution in [0.3, 0.4) is 0 Å². The van der Waals surface area contributed by atoms with Crippen molar-refractivity contribution in [2.24, 2.45) is 0 Å². The largest absolute Gasteiger partial charge is 0.381 e. The SMILES string of the molecule is COC1CCSC(C)(C)C1. The first-order valence-corrected chi connectivity index (χ1v) is 4.79. The van der Waals surface area contributed by atoms with E-state index in [1.54, 1.807) is 0 Å². The number of ether oxygens (including phenoxy) is 1. The van der Waals surface area contributed by atoms with E-state index >= 15 is 0 Å². The molecule has 1 heterocycles. The number of methoxy groups -OCH3 is 1. The Kier molecular flexibility index (Phi) is 2.64. The van der Waals surface area contributed by atoms with Crippen molar-refractivity contribution in [2.75, 3.05) is 12.9 Å². The lowest BCUT2D eigenvalue weighted by atomic mass is 10.0. The van der Waals surface area contributed by atoms with E-state index in [4.69, 9.17) is 4.74 Å². The average Bonchev–Trinajstić information content (AvgIpc) is 1.86. The summed E-state index contributed by atoms with van der Waals surface area (Å²) in [6.45, 7) is 4.59. The molecule has 1 aliphatic rings. The highest BCUT2D eigenvalue weighted by Gasteiger charge is 2.28. The van der Waals surface area contributed by atoms with Crippen LogP contribution in [0, 0.1) is 0 Å². The highest BCUT2D eigenvalue weighted by molar-refractivity contribution is 8.00. The molecule has 1 rings (SSSR count). The van der Waals surface area contributed by atoms with Crippen LogP contribution < -0.4 is 0 Å². The van der Waals surface area contributed by atoms with E-state index in [1.165, 1.54) is 18.6 Å². The minimum Gasteiger partial charge on any atom is -0.381 e. The molecule has 1 atom stereocenters. The zero-order valence-electron chi connectivity index (χ0n) is 7.02. The topological polar surface area (TPSA) is 9.23 Å². The van der Waals surface area contributed by atoms with Gasteiger partial charge in [0.05, 0.1) is 6.10 Å². The minimum absolute atomic E-state index is 0.443. The van der Waals surface area contributed by atoms with Crippen LogP contribution in [0.25, 0.3) is 0 Å². The van der Waals surface area contributed by atoms with Crippen LogP contribution in [0.2, 0.25) is 0 Å². The molecule has 1 unspecified atom stereocenters. The highest BCUT2D eigenvalue weighted by atomic mass is 32.2. The van der Waals surface area contributed by atoms with Gasteiger partial charge in [0.2, 0.25) is 0 Å². The number of hydrogen-bond acceptors (Lipinski definition) is 2. The second-order valence-electron chi connectivity index (χ2n) is 3.46. The molecule has 2 heteroatoms. The summed E-state index contributed by atoms with van der Waals surface area (Å²) in [5, 5.41) is 0. The lowest BCUT2D eigenvalue weighted by Gasteiger charge is -2.33. The van der Waals surface area contributed by atoms with Crippen LogP contribution in [0.4, 0.5) is 0 Å². The quantitative estimate of drug-likeness (QED) is 0.582. The van der Waals surface area contributed by atoms with Crippen LogP contribution in [-0.2, 0) is 4.74 Å². The van der Waals surface area contributed by atoms with Crippen LogP contribution >= 0.6 is 11.8 Å². The van der Waals surface area contributed by atoms with Gasteiger partial charge in [-0.1, -0.05) is 13.8 Å². The van der Waals surface area contributed by atoms with Crippen LogP contribution in [0.1, 0.15) is 26.7 Å². The van der Waals surface area contributed by atoms with E-state index in [-0.39, 0.29) is 0 Å². The zero-order chi connectivity index (χ0) is 7.61. The molecule has 10 heavy (non-hydrogen) atoms. The van der Waals surface area contributed by atoms with Crippen LogP contribution in [0.15, 0.2) is 0 Å². The molecule has 0 radical (unpaired) electrons. The van der Waals surface area contributed by atoms with E-state index < -0.39 is 0 Å². The number of thioether (sulfide) groups is 1. The Labute approximate surface area is 67.5 Å². The van der Waals surface area contributed by atoms with Gasteiger partial charge in [0, 0.05) is 11.9 Å². The molecule has 1 aliphatic heterocycles. The lowest BCUT2D eigenvalue weighted by Crippen LogP contribution is -2.30. The van der Waals surface area contributed by atoms with Gasteiger partial charge in [-0.15, -0.1) is 0 Å². The normalized spacial score (nSPS) is 32.1. The Hall–Kier alpha value is 0.310. The molecule has 1 nitrogen and oxygen atoms in total. The molecule has 0 aromatic heterocycles. The minimum atomic E-state index is 0.443. The maximum atomic E-state index is 5.31. The Morgan fingerprint density at radius 1 is 1.50 bits per heavy atom. The van der Waals surface area contributed by atoms with Gasteiger partial charge in [0.25, 0.3) is 0 Å². The third kappa shape index (κ3) is 2.17. The first kappa shape index (κ1) is 8.41. The summed E-state index contributed by atoms with van der Waals surface area (Å²) in [7, 11) is 1.82. The molecular weight excluding hydrogens is 144 g/mol. The standard InChI is InChI=1S/C8H16OS/c1-8(2)6-7(9-3)4-5-10-8/h7H,4-6H2,1-3H3. The van der Waals surface area contributed by atoms with Crippen LogP contribution in [-0.4, -0.2) is 23.7 Å². The van der Waals surface area contributed by atoms with Crippen molar-refractivity contribution in [3.05, 3.63) is 0 Å². The maximum Gasteiger partial charge on any atom is 0.0592 e. The number of rotatable bonds is 1. The second-order valence-corrected chi connectivity index (χ2v) is 5.26. The summed E-state index contributed by atoms with van der Waals surface area (Å²) in [6.07, 6.45) is 2.94. The summed E-state index contributed by atoms with van der Waals surface area (Å²) in [5.41, 5.74) is 0. The fourth-order valence-electron chi connectivity index (χ4n) is 1.38. The monoisotopic (exact) mass is 160 g/mol. The summed E-state index contributed by atoms with van der Waals surface area (Å²) in [5.74, 6) is 1.26. The van der Waals surface area contributed by atoms with Gasteiger partial charge in [-0.25, -0.2) is 0 Å². The van der Waals surface area contributed by atoms with Crippen molar-refractivity contribution in [3.8, 4) is 0 Å². The molecule has 0 N–H and O–H groups in total. The first-order valence-electron chi connectivity index (χ1n) is 3.81. The molecule has 0 aromatic carbocycles. The Morgan fingerprint density at radius 2 is 2.20 bits per heavy atom. The molecule has 0 amide bonds. The van der Waals surface area contributed by atoms with E-state index in [2.05, 4.69) is 25.6 Å². The fraction of sp³-hybridized carbons (Fsp3) is 1.00. The van der Waals surface area contributed by atoms with Gasteiger partial charge >= 0.3 is 0 Å². The van der Waals surface area contributed by atoms with Gasteiger partial charge in [0.15, 0.2) is 0 Å². The molecule has 0 saturated carbocycles. The van der Waals surface area contributed by atoms with Gasteiger partial charge < -0.3 is 4.74 Å². The third-order valence-electron chi connectivity index (χ3n) is 1.99. The van der Waals surface area contributed by atoms with E-state index in [0.717, 1.165) is 0 Å². The third-order valence-corrected chi connectivity index (χ3v) is 3.37. The maximum absolute atomic E-state index is 5.31. The summed E-state index contributed by atoms with van der Waals surface area (Å²) < 4.78 is 5.76. The smallest absolute Gasteiger partial charge is 0.0592 e. The van der Waals surface area contributed by atoms with Gasteiger partial charge in [-0.2, -0.15) is 11.8 Å². The van der Waals surface area contributed by atoms with E-state index in [9.17, 15) is 0 Å². The molecule has 0 spiro atoms. The fourth-order valence-corrected chi connectivity index (χ4v) is 2.61. The van der Waals surface area contributed by atoms with E-state index in [0.29, 0.717) is 10.9 Å². The van der Waals surface area contributed by atoms with Crippen molar-refractivity contribution in [2.45, 2.75) is 37.5 Å². The van der Waals surface area contributed by atoms with E-state index in [1.807, 2.05) is 7.11 Å². The lowest BCUT2D eigenvalue weighted by molar-refractivity contribution is 0.0829. The van der Waals surface area contributed by atoms with Gasteiger partial charge in [-0.05, 0) is 18.6 Å².